The molecule has 1 heterocycles. The number of nitrogens with zero attached hydrogens (tertiary/aromatic N) is 1. The number of hydrogen-bond acceptors (Lipinski definition) is 4. The topological polar surface area (TPSA) is 96.8 Å². The first-order valence-corrected chi connectivity index (χ1v) is 7.56. The molecule has 5 unspecified atom stereocenters. The van der Waals surface area contributed by atoms with Crippen molar-refractivity contribution in [3.05, 3.63) is 34.4 Å². The van der Waals surface area contributed by atoms with E-state index in [0.29, 0.717) is 42.2 Å². The number of carbonyl (C=O) groups is 1. The maximum atomic E-state index is 11.9. The van der Waals surface area contributed by atoms with Crippen molar-refractivity contribution in [3.63, 3.8) is 0 Å². The fourth-order valence-corrected chi connectivity index (χ4v) is 4.03. The monoisotopic (exact) mass is 303 g/mol. The number of epoxide rings is 1. The van der Waals surface area contributed by atoms with E-state index in [0.717, 1.165) is 6.42 Å². The fraction of sp³-hybridized carbons (Fsp3) is 0.533. The van der Waals surface area contributed by atoms with Crippen LogP contribution in [0.25, 0.3) is 0 Å². The summed E-state index contributed by atoms with van der Waals surface area (Å²) in [7, 11) is 0. The number of rotatable bonds is 4. The molecule has 3 fully saturated rings. The summed E-state index contributed by atoms with van der Waals surface area (Å²) in [5.74, 6) is 1.81. The number of nitro groups is 1. The predicted octanol–water partition coefficient (Wildman–Crippen LogP) is 2.14. The van der Waals surface area contributed by atoms with Crippen molar-refractivity contribution < 1.29 is 14.5 Å². The van der Waals surface area contributed by atoms with Crippen LogP contribution in [0.4, 0.5) is 16.2 Å². The third-order valence-corrected chi connectivity index (χ3v) is 5.09. The number of anilines is 1. The molecule has 1 saturated heterocycles. The zero-order chi connectivity index (χ0) is 15.3. The van der Waals surface area contributed by atoms with Crippen LogP contribution in [0.2, 0.25) is 0 Å². The minimum absolute atomic E-state index is 0.00641. The number of hydrogen-bond donors (Lipinski definition) is 2. The van der Waals surface area contributed by atoms with E-state index in [1.807, 2.05) is 0 Å². The number of ether oxygens (including phenoxy) is 1. The molecule has 5 atom stereocenters. The Hall–Kier alpha value is -2.15. The molecule has 3 aliphatic rings. The highest BCUT2D eigenvalue weighted by atomic mass is 16.6. The quantitative estimate of drug-likeness (QED) is 0.506. The van der Waals surface area contributed by atoms with Gasteiger partial charge < -0.3 is 15.4 Å². The second-order valence-corrected chi connectivity index (χ2v) is 6.36. The average molecular weight is 303 g/mol. The number of benzene rings is 1. The SMILES string of the molecule is O=C(NCC1CC2CC1C1OC21)Nc1ccc([N+](=O)[O-])cc1. The minimum atomic E-state index is -0.466. The van der Waals surface area contributed by atoms with Gasteiger partial charge in [-0.2, -0.15) is 0 Å². The summed E-state index contributed by atoms with van der Waals surface area (Å²) in [6, 6.07) is 5.52. The van der Waals surface area contributed by atoms with Gasteiger partial charge in [-0.25, -0.2) is 4.79 Å². The highest BCUT2D eigenvalue weighted by molar-refractivity contribution is 5.89. The fourth-order valence-electron chi connectivity index (χ4n) is 4.03. The van der Waals surface area contributed by atoms with Crippen molar-refractivity contribution in [1.82, 2.24) is 5.32 Å². The van der Waals surface area contributed by atoms with Gasteiger partial charge in [-0.1, -0.05) is 0 Å². The zero-order valence-corrected chi connectivity index (χ0v) is 11.9. The Labute approximate surface area is 127 Å². The molecule has 2 aliphatic carbocycles. The lowest BCUT2D eigenvalue weighted by atomic mass is 9.89. The van der Waals surface area contributed by atoms with Gasteiger partial charge in [0.1, 0.15) is 0 Å². The van der Waals surface area contributed by atoms with Gasteiger partial charge in [0.2, 0.25) is 0 Å². The van der Waals surface area contributed by atoms with Gasteiger partial charge in [-0.3, -0.25) is 10.1 Å². The van der Waals surface area contributed by atoms with Gasteiger partial charge in [-0.05, 0) is 42.7 Å². The van der Waals surface area contributed by atoms with Crippen LogP contribution in [0.5, 0.6) is 0 Å². The molecule has 0 spiro atoms. The third-order valence-electron chi connectivity index (χ3n) is 5.09. The molecule has 1 aromatic carbocycles. The Balaban J connectivity index is 1.27. The van der Waals surface area contributed by atoms with E-state index in [1.54, 1.807) is 0 Å². The molecule has 7 heteroatoms. The number of nitrogens with one attached hydrogen (secondary N) is 2. The van der Waals surface area contributed by atoms with E-state index in [9.17, 15) is 14.9 Å². The van der Waals surface area contributed by atoms with Gasteiger partial charge in [0, 0.05) is 24.4 Å². The molecule has 116 valence electrons. The first-order valence-electron chi connectivity index (χ1n) is 7.56. The van der Waals surface area contributed by atoms with E-state index in [-0.39, 0.29) is 11.7 Å². The Morgan fingerprint density at radius 2 is 2.05 bits per heavy atom. The zero-order valence-electron chi connectivity index (χ0n) is 11.9. The maximum Gasteiger partial charge on any atom is 0.319 e. The summed E-state index contributed by atoms with van der Waals surface area (Å²) in [6.07, 6.45) is 3.34. The first kappa shape index (κ1) is 13.5. The lowest BCUT2D eigenvalue weighted by molar-refractivity contribution is -0.384. The summed E-state index contributed by atoms with van der Waals surface area (Å²) in [4.78, 5) is 22.0. The van der Waals surface area contributed by atoms with Gasteiger partial charge in [0.05, 0.1) is 17.1 Å². The second kappa shape index (κ2) is 4.95. The molecule has 7 nitrogen and oxygen atoms in total. The summed E-state index contributed by atoms with van der Waals surface area (Å²) in [5, 5.41) is 16.2. The highest BCUT2D eigenvalue weighted by Gasteiger charge is 2.62. The predicted molar refractivity (Wildman–Crippen MR) is 78.5 cm³/mol. The van der Waals surface area contributed by atoms with Gasteiger partial charge >= 0.3 is 6.03 Å². The maximum absolute atomic E-state index is 11.9. The molecule has 1 aromatic rings. The van der Waals surface area contributed by atoms with Crippen LogP contribution in [-0.4, -0.2) is 29.7 Å². The molecule has 0 aromatic heterocycles. The average Bonchev–Trinajstić information content (AvgIpc) is 3.11. The Kier molecular flexibility index (Phi) is 3.04. The molecule has 2 saturated carbocycles. The number of carbonyl (C=O) groups excluding carboxylic acids is 1. The second-order valence-electron chi connectivity index (χ2n) is 6.36. The van der Waals surface area contributed by atoms with Crippen LogP contribution in [0.1, 0.15) is 12.8 Å². The van der Waals surface area contributed by atoms with Crippen LogP contribution in [0, 0.1) is 27.9 Å². The molecule has 2 amide bonds. The number of urea groups is 1. The van der Waals surface area contributed by atoms with E-state index in [1.165, 1.54) is 30.7 Å². The summed E-state index contributed by atoms with van der Waals surface area (Å²) >= 11 is 0. The van der Waals surface area contributed by atoms with Crippen molar-refractivity contribution in [2.45, 2.75) is 25.0 Å². The number of amides is 2. The molecule has 22 heavy (non-hydrogen) atoms. The Bertz CT molecular complexity index is 618. The van der Waals surface area contributed by atoms with Crippen molar-refractivity contribution in [1.29, 1.82) is 0 Å². The third kappa shape index (κ3) is 2.31. The van der Waals surface area contributed by atoms with E-state index in [2.05, 4.69) is 10.6 Å². The molecular weight excluding hydrogens is 286 g/mol. The first-order chi connectivity index (χ1) is 10.6. The van der Waals surface area contributed by atoms with Gasteiger partial charge in [0.25, 0.3) is 5.69 Å². The van der Waals surface area contributed by atoms with Crippen molar-refractivity contribution in [3.8, 4) is 0 Å². The van der Waals surface area contributed by atoms with E-state index in [4.69, 9.17) is 4.74 Å². The van der Waals surface area contributed by atoms with Crippen molar-refractivity contribution in [2.24, 2.45) is 17.8 Å². The molecular formula is C15H17N3O4. The van der Waals surface area contributed by atoms with Crippen LogP contribution < -0.4 is 10.6 Å². The van der Waals surface area contributed by atoms with Crippen LogP contribution in [0.3, 0.4) is 0 Å². The van der Waals surface area contributed by atoms with Crippen LogP contribution >= 0.6 is 0 Å². The molecule has 2 N–H and O–H groups in total. The summed E-state index contributed by atoms with van der Waals surface area (Å²) in [5.41, 5.74) is 0.550. The highest BCUT2D eigenvalue weighted by Crippen LogP contribution is 2.58. The van der Waals surface area contributed by atoms with E-state index < -0.39 is 4.92 Å². The van der Waals surface area contributed by atoms with E-state index >= 15 is 0 Å². The smallest absolute Gasteiger partial charge is 0.319 e. The molecule has 0 radical (unpaired) electrons. The molecule has 4 rings (SSSR count). The summed E-state index contributed by atoms with van der Waals surface area (Å²) < 4.78 is 5.62. The van der Waals surface area contributed by atoms with Gasteiger partial charge in [-0.15, -0.1) is 0 Å². The molecule has 1 aliphatic heterocycles. The van der Waals surface area contributed by atoms with Crippen LogP contribution in [0.15, 0.2) is 24.3 Å². The minimum Gasteiger partial charge on any atom is -0.369 e. The largest absolute Gasteiger partial charge is 0.369 e. The van der Waals surface area contributed by atoms with Crippen molar-refractivity contribution in [2.75, 3.05) is 11.9 Å². The number of fused-ring (bicyclic) bond motifs is 5. The number of nitro benzene ring substituents is 1. The summed E-state index contributed by atoms with van der Waals surface area (Å²) in [6.45, 7) is 0.659. The van der Waals surface area contributed by atoms with Gasteiger partial charge in [0.15, 0.2) is 0 Å². The molecule has 2 bridgehead atoms. The van der Waals surface area contributed by atoms with Crippen molar-refractivity contribution >= 4 is 17.4 Å². The lowest BCUT2D eigenvalue weighted by Gasteiger charge is -2.19. The number of non-ortho nitro benzene ring substituents is 1. The standard InChI is InChI=1S/C15H17N3O4/c19-15(17-10-1-3-11(4-2-10)18(20)21)16-7-9-5-8-6-12(9)14-13(8)22-14/h1-4,8-9,12-14H,5-7H2,(H2,16,17,19). The normalized spacial score (nSPS) is 34.1. The van der Waals surface area contributed by atoms with Crippen LogP contribution in [-0.2, 0) is 4.74 Å². The Morgan fingerprint density at radius 1 is 1.27 bits per heavy atom. The Morgan fingerprint density at radius 3 is 2.68 bits per heavy atom. The lowest BCUT2D eigenvalue weighted by Crippen LogP contribution is -2.35.